The first-order valence-corrected chi connectivity index (χ1v) is 11.4. The fraction of sp³-hybridized carbons (Fsp3) is 0.875. The van der Waals surface area contributed by atoms with Crippen LogP contribution in [0.25, 0.3) is 0 Å². The Morgan fingerprint density at radius 3 is 2.68 bits per heavy atom. The van der Waals surface area contributed by atoms with Gasteiger partial charge in [0.05, 0.1) is 12.2 Å². The molecule has 4 heteroatoms. The van der Waals surface area contributed by atoms with Gasteiger partial charge in [0.1, 0.15) is 0 Å². The van der Waals surface area contributed by atoms with Gasteiger partial charge in [-0.05, 0) is 91.8 Å². The molecule has 0 amide bonds. The molecule has 3 N–H and O–H groups in total. The van der Waals surface area contributed by atoms with Crippen molar-refractivity contribution in [1.29, 1.82) is 0 Å². The minimum Gasteiger partial charge on any atom is -0.481 e. The smallest absolute Gasteiger partial charge is 0.303 e. The molecule has 4 aliphatic rings. The Hall–Kier alpha value is -0.870. The molecule has 158 valence electrons. The number of hydrogen-bond donors (Lipinski definition) is 3. The van der Waals surface area contributed by atoms with Crippen LogP contribution in [-0.2, 0) is 4.79 Å². The van der Waals surface area contributed by atoms with Gasteiger partial charge in [-0.2, -0.15) is 0 Å². The van der Waals surface area contributed by atoms with Gasteiger partial charge < -0.3 is 15.3 Å². The maximum atomic E-state index is 11.4. The lowest BCUT2D eigenvalue weighted by molar-refractivity contribution is -0.140. The molecule has 28 heavy (non-hydrogen) atoms. The highest BCUT2D eigenvalue weighted by atomic mass is 16.4. The first-order chi connectivity index (χ1) is 13.2. The van der Waals surface area contributed by atoms with E-state index >= 15 is 0 Å². The van der Waals surface area contributed by atoms with Crippen LogP contribution < -0.4 is 0 Å². The average Bonchev–Trinajstić information content (AvgIpc) is 3.00. The van der Waals surface area contributed by atoms with Crippen LogP contribution >= 0.6 is 0 Å². The zero-order chi connectivity index (χ0) is 20.3. The summed E-state index contributed by atoms with van der Waals surface area (Å²) in [5.74, 6) is 1.70. The van der Waals surface area contributed by atoms with Crippen molar-refractivity contribution in [1.82, 2.24) is 0 Å². The second kappa shape index (κ2) is 7.12. The van der Waals surface area contributed by atoms with Gasteiger partial charge in [0.2, 0.25) is 0 Å². The number of carbonyl (C=O) groups is 1. The van der Waals surface area contributed by atoms with Crippen LogP contribution in [0, 0.1) is 40.4 Å². The topological polar surface area (TPSA) is 77.8 Å². The van der Waals surface area contributed by atoms with E-state index in [0.29, 0.717) is 36.0 Å². The summed E-state index contributed by atoms with van der Waals surface area (Å²) >= 11 is 0. The predicted octanol–water partition coefficient (Wildman–Crippen LogP) is 4.40. The molecule has 0 heterocycles. The molecule has 0 bridgehead atoms. The molecule has 3 fully saturated rings. The van der Waals surface area contributed by atoms with Crippen LogP contribution in [0.15, 0.2) is 11.6 Å². The maximum absolute atomic E-state index is 11.4. The lowest BCUT2D eigenvalue weighted by atomic mass is 9.46. The molecular formula is C24H38O4. The van der Waals surface area contributed by atoms with Crippen LogP contribution in [0.4, 0.5) is 0 Å². The Bertz CT molecular complexity index is 657. The first kappa shape index (κ1) is 20.4. The number of carboxylic acid groups (broad SMARTS) is 1. The molecule has 4 aliphatic carbocycles. The summed E-state index contributed by atoms with van der Waals surface area (Å²) in [7, 11) is 0. The molecule has 3 saturated carbocycles. The Morgan fingerprint density at radius 2 is 1.96 bits per heavy atom. The third kappa shape index (κ3) is 2.98. The number of aliphatic hydroxyl groups is 2. The van der Waals surface area contributed by atoms with Crippen molar-refractivity contribution in [3.63, 3.8) is 0 Å². The van der Waals surface area contributed by atoms with Gasteiger partial charge in [-0.1, -0.05) is 32.4 Å². The third-order valence-electron chi connectivity index (χ3n) is 9.76. The van der Waals surface area contributed by atoms with Gasteiger partial charge in [-0.3, -0.25) is 4.79 Å². The van der Waals surface area contributed by atoms with Crippen molar-refractivity contribution in [2.45, 2.75) is 90.8 Å². The highest BCUT2D eigenvalue weighted by Gasteiger charge is 2.62. The number of fused-ring (bicyclic) bond motifs is 5. The molecule has 0 aromatic rings. The van der Waals surface area contributed by atoms with Crippen molar-refractivity contribution >= 4 is 5.97 Å². The Kier molecular flexibility index (Phi) is 5.19. The van der Waals surface area contributed by atoms with E-state index in [-0.39, 0.29) is 29.5 Å². The summed E-state index contributed by atoms with van der Waals surface area (Å²) in [6.45, 7) is 6.89. The van der Waals surface area contributed by atoms with Crippen LogP contribution in [0.1, 0.15) is 78.6 Å². The van der Waals surface area contributed by atoms with Gasteiger partial charge in [-0.15, -0.1) is 0 Å². The van der Waals surface area contributed by atoms with Crippen molar-refractivity contribution in [3.8, 4) is 0 Å². The van der Waals surface area contributed by atoms with Crippen LogP contribution in [0.5, 0.6) is 0 Å². The Morgan fingerprint density at radius 1 is 1.21 bits per heavy atom. The fourth-order valence-corrected chi connectivity index (χ4v) is 8.12. The van der Waals surface area contributed by atoms with Gasteiger partial charge in [0, 0.05) is 6.42 Å². The van der Waals surface area contributed by atoms with Crippen molar-refractivity contribution in [2.75, 3.05) is 0 Å². The van der Waals surface area contributed by atoms with E-state index in [1.54, 1.807) is 0 Å². The summed E-state index contributed by atoms with van der Waals surface area (Å²) in [6, 6.07) is 0. The standard InChI is InChI=1S/C24H38O4/c1-14(4-9-22(27)28)18-7-8-19-17-6-5-15-12-16(25)10-11-23(15,2)20(17)13-21(26)24(18,19)3/h5,14,16-21,25-26H,4,6-13H2,1-3H3,(H,27,28)/t14-,16+,17+,18-,19+,20+,21+,23+,24-/m1/s1. The second-order valence-corrected chi connectivity index (χ2v) is 10.9. The van der Waals surface area contributed by atoms with E-state index in [0.717, 1.165) is 38.5 Å². The molecule has 0 spiro atoms. The van der Waals surface area contributed by atoms with Gasteiger partial charge >= 0.3 is 5.97 Å². The van der Waals surface area contributed by atoms with Crippen LogP contribution in [-0.4, -0.2) is 33.5 Å². The third-order valence-corrected chi connectivity index (χ3v) is 9.76. The lowest BCUT2D eigenvalue weighted by Crippen LogP contribution is -2.56. The summed E-state index contributed by atoms with van der Waals surface area (Å²) in [4.78, 5) is 11.1. The molecule has 0 aromatic heterocycles. The number of carboxylic acids is 1. The monoisotopic (exact) mass is 390 g/mol. The molecule has 0 radical (unpaired) electrons. The first-order valence-electron chi connectivity index (χ1n) is 11.4. The molecular weight excluding hydrogens is 352 g/mol. The van der Waals surface area contributed by atoms with E-state index in [1.165, 1.54) is 12.0 Å². The van der Waals surface area contributed by atoms with Crippen LogP contribution in [0.3, 0.4) is 0 Å². The number of allylic oxidation sites excluding steroid dienone is 1. The molecule has 0 unspecified atom stereocenters. The van der Waals surface area contributed by atoms with Gasteiger partial charge in [0.25, 0.3) is 0 Å². The normalized spacial score (nSPS) is 48.8. The van der Waals surface area contributed by atoms with Crippen molar-refractivity contribution in [3.05, 3.63) is 11.6 Å². The molecule has 0 saturated heterocycles. The highest BCUT2D eigenvalue weighted by Crippen LogP contribution is 2.67. The zero-order valence-corrected chi connectivity index (χ0v) is 17.7. The maximum Gasteiger partial charge on any atom is 0.303 e. The molecule has 0 aromatic carbocycles. The predicted molar refractivity (Wildman–Crippen MR) is 109 cm³/mol. The molecule has 4 nitrogen and oxygen atoms in total. The van der Waals surface area contributed by atoms with Crippen LogP contribution in [0.2, 0.25) is 0 Å². The van der Waals surface area contributed by atoms with E-state index in [4.69, 9.17) is 5.11 Å². The summed E-state index contributed by atoms with van der Waals surface area (Å²) in [6.07, 6.45) is 9.84. The summed E-state index contributed by atoms with van der Waals surface area (Å²) < 4.78 is 0. The Labute approximate surface area is 169 Å². The van der Waals surface area contributed by atoms with E-state index in [9.17, 15) is 15.0 Å². The number of hydrogen-bond acceptors (Lipinski definition) is 3. The lowest BCUT2D eigenvalue weighted by Gasteiger charge is -2.60. The minimum absolute atomic E-state index is 0.0883. The van der Waals surface area contributed by atoms with E-state index in [1.807, 2.05) is 0 Å². The molecule has 0 aliphatic heterocycles. The second-order valence-electron chi connectivity index (χ2n) is 10.9. The fourth-order valence-electron chi connectivity index (χ4n) is 8.12. The molecule has 9 atom stereocenters. The van der Waals surface area contributed by atoms with E-state index < -0.39 is 5.97 Å². The van der Waals surface area contributed by atoms with Gasteiger partial charge in [-0.25, -0.2) is 0 Å². The van der Waals surface area contributed by atoms with E-state index in [2.05, 4.69) is 26.8 Å². The molecule has 4 rings (SSSR count). The summed E-state index contributed by atoms with van der Waals surface area (Å²) in [5, 5.41) is 30.7. The average molecular weight is 391 g/mol. The van der Waals surface area contributed by atoms with Gasteiger partial charge in [0.15, 0.2) is 0 Å². The quantitative estimate of drug-likeness (QED) is 0.622. The number of rotatable bonds is 4. The highest BCUT2D eigenvalue weighted by molar-refractivity contribution is 5.66. The Balaban J connectivity index is 1.59. The minimum atomic E-state index is -0.715. The summed E-state index contributed by atoms with van der Waals surface area (Å²) in [5.41, 5.74) is 1.49. The number of aliphatic hydroxyl groups excluding tert-OH is 2. The number of aliphatic carboxylic acids is 1. The largest absolute Gasteiger partial charge is 0.481 e. The van der Waals surface area contributed by atoms with Crippen molar-refractivity contribution in [2.24, 2.45) is 40.4 Å². The SMILES string of the molecule is C[C@H](CCC(=O)O)[C@H]1CC[C@H]2[C@@H]3CC=C4C[C@@H](O)CC[C@]4(C)[C@H]3C[C@H](O)[C@]12C. The zero-order valence-electron chi connectivity index (χ0n) is 17.7. The van der Waals surface area contributed by atoms with Crippen molar-refractivity contribution < 1.29 is 20.1 Å².